The van der Waals surface area contributed by atoms with Gasteiger partial charge in [0.25, 0.3) is 0 Å². The van der Waals surface area contributed by atoms with Gasteiger partial charge in [-0.3, -0.25) is 5.32 Å². The van der Waals surface area contributed by atoms with Crippen LogP contribution in [0.25, 0.3) is 0 Å². The summed E-state index contributed by atoms with van der Waals surface area (Å²) < 4.78 is 0. The summed E-state index contributed by atoms with van der Waals surface area (Å²) in [5, 5.41) is 3.23. The van der Waals surface area contributed by atoms with Crippen LogP contribution >= 0.6 is 0 Å². The van der Waals surface area contributed by atoms with E-state index < -0.39 is 0 Å². The molecule has 0 saturated carbocycles. The maximum absolute atomic E-state index is 10.5. The monoisotopic (exact) mass is 225 g/mol. The Balaban J connectivity index is 2.29. The fourth-order valence-electron chi connectivity index (χ4n) is 1.89. The van der Waals surface area contributed by atoms with Crippen molar-refractivity contribution < 1.29 is 4.79 Å². The summed E-state index contributed by atoms with van der Waals surface area (Å²) in [7, 11) is 0. The van der Waals surface area contributed by atoms with Gasteiger partial charge in [-0.2, -0.15) is 0 Å². The molecule has 0 aliphatic carbocycles. The summed E-state index contributed by atoms with van der Waals surface area (Å²) >= 11 is 0. The molecule has 0 amide bonds. The SMILES string of the molecule is O=CCNC(c1ccccc1)c1ccccc1. The number of carbonyl (C=O) groups excluding carboxylic acids is 1. The van der Waals surface area contributed by atoms with Crippen molar-refractivity contribution in [3.8, 4) is 0 Å². The normalized spacial score (nSPS) is 10.4. The Morgan fingerprint density at radius 3 is 1.76 bits per heavy atom. The molecule has 0 unspecified atom stereocenters. The highest BCUT2D eigenvalue weighted by molar-refractivity contribution is 5.52. The lowest BCUT2D eigenvalue weighted by Crippen LogP contribution is -2.24. The zero-order valence-corrected chi connectivity index (χ0v) is 9.54. The second-order valence-electron chi connectivity index (χ2n) is 3.83. The minimum Gasteiger partial charge on any atom is -0.302 e. The molecule has 17 heavy (non-hydrogen) atoms. The highest BCUT2D eigenvalue weighted by Crippen LogP contribution is 2.21. The largest absolute Gasteiger partial charge is 0.302 e. The number of aldehydes is 1. The van der Waals surface area contributed by atoms with Crippen LogP contribution in [0.2, 0.25) is 0 Å². The molecule has 0 fully saturated rings. The molecule has 0 aliphatic heterocycles. The van der Waals surface area contributed by atoms with E-state index in [0.717, 1.165) is 6.29 Å². The van der Waals surface area contributed by atoms with Crippen LogP contribution < -0.4 is 5.32 Å². The number of rotatable bonds is 5. The molecular weight excluding hydrogens is 210 g/mol. The topological polar surface area (TPSA) is 29.1 Å². The third-order valence-electron chi connectivity index (χ3n) is 2.67. The zero-order chi connectivity index (χ0) is 11.9. The van der Waals surface area contributed by atoms with E-state index in [9.17, 15) is 4.79 Å². The zero-order valence-electron chi connectivity index (χ0n) is 9.54. The first-order valence-corrected chi connectivity index (χ1v) is 5.68. The van der Waals surface area contributed by atoms with Gasteiger partial charge in [-0.15, -0.1) is 0 Å². The fraction of sp³-hybridized carbons (Fsp3) is 0.133. The predicted octanol–water partition coefficient (Wildman–Crippen LogP) is 2.56. The lowest BCUT2D eigenvalue weighted by molar-refractivity contribution is -0.107. The molecule has 0 spiro atoms. The van der Waals surface area contributed by atoms with Crippen LogP contribution in [0.1, 0.15) is 17.2 Å². The summed E-state index contributed by atoms with van der Waals surface area (Å²) in [4.78, 5) is 10.5. The van der Waals surface area contributed by atoms with Gasteiger partial charge in [-0.1, -0.05) is 60.7 Å². The molecule has 2 aromatic rings. The van der Waals surface area contributed by atoms with E-state index >= 15 is 0 Å². The maximum Gasteiger partial charge on any atom is 0.133 e. The third-order valence-corrected chi connectivity index (χ3v) is 2.67. The average molecular weight is 225 g/mol. The van der Waals surface area contributed by atoms with Gasteiger partial charge in [0.05, 0.1) is 12.6 Å². The van der Waals surface area contributed by atoms with Gasteiger partial charge in [-0.05, 0) is 11.1 Å². The minimum absolute atomic E-state index is 0.0719. The van der Waals surface area contributed by atoms with Crippen LogP contribution in [0, 0.1) is 0 Å². The molecule has 2 aromatic carbocycles. The first-order valence-electron chi connectivity index (χ1n) is 5.68. The Morgan fingerprint density at radius 1 is 0.882 bits per heavy atom. The molecule has 1 N–H and O–H groups in total. The molecule has 2 rings (SSSR count). The second kappa shape index (κ2) is 5.97. The number of nitrogens with one attached hydrogen (secondary N) is 1. The molecule has 2 nitrogen and oxygen atoms in total. The Hall–Kier alpha value is -1.93. The van der Waals surface area contributed by atoms with Crippen LogP contribution in [-0.4, -0.2) is 12.8 Å². The molecule has 86 valence electrons. The van der Waals surface area contributed by atoms with Crippen LogP contribution in [0.3, 0.4) is 0 Å². The summed E-state index contributed by atoms with van der Waals surface area (Å²) in [6.07, 6.45) is 0.888. The van der Waals surface area contributed by atoms with Crippen molar-refractivity contribution >= 4 is 6.29 Å². The maximum atomic E-state index is 10.5. The molecule has 2 heteroatoms. The van der Waals surface area contributed by atoms with E-state index in [4.69, 9.17) is 0 Å². The van der Waals surface area contributed by atoms with E-state index in [1.807, 2.05) is 36.4 Å². The number of benzene rings is 2. The van der Waals surface area contributed by atoms with Gasteiger partial charge >= 0.3 is 0 Å². The van der Waals surface area contributed by atoms with E-state index in [-0.39, 0.29) is 6.04 Å². The van der Waals surface area contributed by atoms with Crippen molar-refractivity contribution in [2.45, 2.75) is 6.04 Å². The Morgan fingerprint density at radius 2 is 1.35 bits per heavy atom. The summed E-state index contributed by atoms with van der Waals surface area (Å²) in [6, 6.07) is 20.3. The second-order valence-corrected chi connectivity index (χ2v) is 3.83. The summed E-state index contributed by atoms with van der Waals surface area (Å²) in [5.41, 5.74) is 2.33. The first kappa shape index (κ1) is 11.6. The van der Waals surface area contributed by atoms with E-state index in [2.05, 4.69) is 29.6 Å². The lowest BCUT2D eigenvalue weighted by Gasteiger charge is -2.18. The highest BCUT2D eigenvalue weighted by Gasteiger charge is 2.11. The lowest BCUT2D eigenvalue weighted by atomic mass is 9.99. The van der Waals surface area contributed by atoms with E-state index in [0.29, 0.717) is 6.54 Å². The van der Waals surface area contributed by atoms with Gasteiger partial charge < -0.3 is 4.79 Å². The summed E-state index contributed by atoms with van der Waals surface area (Å²) in [5.74, 6) is 0. The van der Waals surface area contributed by atoms with Crippen molar-refractivity contribution in [1.29, 1.82) is 0 Å². The van der Waals surface area contributed by atoms with Gasteiger partial charge in [0.2, 0.25) is 0 Å². The average Bonchev–Trinajstić information content (AvgIpc) is 2.42. The minimum atomic E-state index is 0.0719. The van der Waals surface area contributed by atoms with Crippen molar-refractivity contribution in [3.63, 3.8) is 0 Å². The fourth-order valence-corrected chi connectivity index (χ4v) is 1.89. The first-order chi connectivity index (χ1) is 8.42. The molecule has 0 aliphatic rings. The van der Waals surface area contributed by atoms with Gasteiger partial charge in [0, 0.05) is 0 Å². The van der Waals surface area contributed by atoms with E-state index in [1.54, 1.807) is 0 Å². The van der Waals surface area contributed by atoms with Crippen molar-refractivity contribution in [2.24, 2.45) is 0 Å². The highest BCUT2D eigenvalue weighted by atomic mass is 16.1. The Kier molecular flexibility index (Phi) is 4.05. The van der Waals surface area contributed by atoms with Crippen LogP contribution in [-0.2, 0) is 4.79 Å². The van der Waals surface area contributed by atoms with Crippen molar-refractivity contribution in [2.75, 3.05) is 6.54 Å². The van der Waals surface area contributed by atoms with Crippen molar-refractivity contribution in [3.05, 3.63) is 71.8 Å². The van der Waals surface area contributed by atoms with E-state index in [1.165, 1.54) is 11.1 Å². The molecule has 0 radical (unpaired) electrons. The molecule has 0 atom stereocenters. The van der Waals surface area contributed by atoms with Crippen LogP contribution in [0.15, 0.2) is 60.7 Å². The Labute approximate surface area is 101 Å². The van der Waals surface area contributed by atoms with Gasteiger partial charge in [0.1, 0.15) is 6.29 Å². The van der Waals surface area contributed by atoms with Crippen molar-refractivity contribution in [1.82, 2.24) is 5.32 Å². The van der Waals surface area contributed by atoms with Gasteiger partial charge in [-0.25, -0.2) is 0 Å². The molecule has 0 bridgehead atoms. The summed E-state index contributed by atoms with van der Waals surface area (Å²) in [6.45, 7) is 0.356. The Bertz CT molecular complexity index is 413. The number of hydrogen-bond donors (Lipinski definition) is 1. The number of carbonyl (C=O) groups is 1. The third kappa shape index (κ3) is 3.02. The molecule has 0 saturated heterocycles. The molecule has 0 aromatic heterocycles. The van der Waals surface area contributed by atoms with Crippen LogP contribution in [0.5, 0.6) is 0 Å². The number of hydrogen-bond acceptors (Lipinski definition) is 2. The van der Waals surface area contributed by atoms with Crippen LogP contribution in [0.4, 0.5) is 0 Å². The molecule has 0 heterocycles. The standard InChI is InChI=1S/C15H15NO/c17-12-11-16-15(13-7-3-1-4-8-13)14-9-5-2-6-10-14/h1-10,12,15-16H,11H2. The smallest absolute Gasteiger partial charge is 0.133 e. The quantitative estimate of drug-likeness (QED) is 0.792. The predicted molar refractivity (Wildman–Crippen MR) is 68.8 cm³/mol. The molecular formula is C15H15NO. The van der Waals surface area contributed by atoms with Gasteiger partial charge in [0.15, 0.2) is 0 Å².